The average Bonchev–Trinajstić information content (AvgIpc) is 2.75. The van der Waals surface area contributed by atoms with Crippen LogP contribution in [0.15, 0.2) is 36.4 Å². The molecule has 106 valence electrons. The third-order valence-electron chi connectivity index (χ3n) is 3.48. The Morgan fingerprint density at radius 2 is 1.81 bits per heavy atom. The predicted molar refractivity (Wildman–Crippen MR) is 82.1 cm³/mol. The topological polar surface area (TPSA) is 47.1 Å². The quantitative estimate of drug-likeness (QED) is 0.737. The fourth-order valence-electron chi connectivity index (χ4n) is 2.45. The number of aromatic nitrogens is 2. The first-order valence-corrected chi connectivity index (χ1v) is 7.23. The normalized spacial score (nSPS) is 14.1. The number of aromatic amines is 1. The summed E-state index contributed by atoms with van der Waals surface area (Å²) in [6, 6.07) is 11.5. The molecule has 2 aromatic carbocycles. The lowest BCUT2D eigenvalue weighted by Crippen LogP contribution is -1.97. The number of imidazole rings is 1. The summed E-state index contributed by atoms with van der Waals surface area (Å²) in [6.07, 6.45) is 0.890. The third kappa shape index (κ3) is 2.21. The summed E-state index contributed by atoms with van der Waals surface area (Å²) in [5.41, 5.74) is 2.63. The average molecular weight is 301 g/mol. The van der Waals surface area contributed by atoms with Crippen molar-refractivity contribution >= 4 is 22.6 Å². The van der Waals surface area contributed by atoms with Crippen LogP contribution in [0.2, 0.25) is 5.02 Å². The second kappa shape index (κ2) is 4.97. The van der Waals surface area contributed by atoms with Crippen molar-refractivity contribution in [3.8, 4) is 22.9 Å². The van der Waals surface area contributed by atoms with Crippen molar-refractivity contribution in [2.45, 2.75) is 6.42 Å². The molecule has 2 heterocycles. The number of halogens is 1. The van der Waals surface area contributed by atoms with Crippen molar-refractivity contribution in [2.75, 3.05) is 13.2 Å². The standard InChI is InChI=1S/C16H13ClN2O2/c17-11-5-2-1-4-10(11)16-18-12-8-14-15(9-13(12)19-16)21-7-3-6-20-14/h1-2,4-5,8-9H,3,6-7H2,(H,18,19). The van der Waals surface area contributed by atoms with Crippen LogP contribution in [0.4, 0.5) is 0 Å². The zero-order valence-corrected chi connectivity index (χ0v) is 12.0. The van der Waals surface area contributed by atoms with Gasteiger partial charge in [-0.3, -0.25) is 0 Å². The number of hydrogen-bond donors (Lipinski definition) is 1. The van der Waals surface area contributed by atoms with E-state index in [9.17, 15) is 0 Å². The van der Waals surface area contributed by atoms with E-state index >= 15 is 0 Å². The largest absolute Gasteiger partial charge is 0.489 e. The van der Waals surface area contributed by atoms with Gasteiger partial charge in [0.05, 0.1) is 29.3 Å². The Morgan fingerprint density at radius 3 is 2.62 bits per heavy atom. The van der Waals surface area contributed by atoms with Crippen molar-refractivity contribution < 1.29 is 9.47 Å². The van der Waals surface area contributed by atoms with Gasteiger partial charge in [0.2, 0.25) is 0 Å². The summed E-state index contributed by atoms with van der Waals surface area (Å²) < 4.78 is 11.4. The van der Waals surface area contributed by atoms with Crippen LogP contribution in [0.1, 0.15) is 6.42 Å². The van der Waals surface area contributed by atoms with E-state index in [1.165, 1.54) is 0 Å². The lowest BCUT2D eigenvalue weighted by molar-refractivity contribution is 0.297. The fourth-order valence-corrected chi connectivity index (χ4v) is 2.67. The van der Waals surface area contributed by atoms with Crippen LogP contribution >= 0.6 is 11.6 Å². The molecule has 5 heteroatoms. The van der Waals surface area contributed by atoms with Gasteiger partial charge in [-0.15, -0.1) is 0 Å². The monoisotopic (exact) mass is 300 g/mol. The van der Waals surface area contributed by atoms with Gasteiger partial charge >= 0.3 is 0 Å². The first kappa shape index (κ1) is 12.5. The Hall–Kier alpha value is -2.20. The summed E-state index contributed by atoms with van der Waals surface area (Å²) in [6.45, 7) is 1.34. The molecule has 4 nitrogen and oxygen atoms in total. The molecule has 0 saturated carbocycles. The van der Waals surface area contributed by atoms with Crippen LogP contribution < -0.4 is 9.47 Å². The molecular weight excluding hydrogens is 288 g/mol. The highest BCUT2D eigenvalue weighted by molar-refractivity contribution is 6.33. The number of ether oxygens (including phenoxy) is 2. The molecule has 4 rings (SSSR count). The molecule has 1 aliphatic heterocycles. The molecule has 0 saturated heterocycles. The third-order valence-corrected chi connectivity index (χ3v) is 3.81. The second-order valence-electron chi connectivity index (χ2n) is 4.93. The van der Waals surface area contributed by atoms with E-state index < -0.39 is 0 Å². The van der Waals surface area contributed by atoms with Gasteiger partial charge in [0, 0.05) is 24.1 Å². The van der Waals surface area contributed by atoms with Gasteiger partial charge in [-0.05, 0) is 12.1 Å². The summed E-state index contributed by atoms with van der Waals surface area (Å²) in [4.78, 5) is 7.90. The molecule has 0 bridgehead atoms. The Labute approximate surface area is 126 Å². The summed E-state index contributed by atoms with van der Waals surface area (Å²) >= 11 is 6.23. The molecule has 0 atom stereocenters. The number of benzene rings is 2. The van der Waals surface area contributed by atoms with Gasteiger partial charge in [-0.1, -0.05) is 23.7 Å². The zero-order valence-electron chi connectivity index (χ0n) is 11.2. The van der Waals surface area contributed by atoms with Gasteiger partial charge in [0.15, 0.2) is 11.5 Å². The number of H-pyrrole nitrogens is 1. The highest BCUT2D eigenvalue weighted by Gasteiger charge is 2.15. The molecule has 0 radical (unpaired) electrons. The fraction of sp³-hybridized carbons (Fsp3) is 0.188. The summed E-state index contributed by atoms with van der Waals surface area (Å²) in [5.74, 6) is 2.25. The summed E-state index contributed by atoms with van der Waals surface area (Å²) in [7, 11) is 0. The highest BCUT2D eigenvalue weighted by Crippen LogP contribution is 2.35. The Kier molecular flexibility index (Phi) is 2.97. The van der Waals surface area contributed by atoms with Gasteiger partial charge in [-0.2, -0.15) is 0 Å². The molecule has 0 spiro atoms. The smallest absolute Gasteiger partial charge is 0.163 e. The SMILES string of the molecule is Clc1ccccc1-c1nc2cc3c(cc2[nH]1)OCCCO3. The van der Waals surface area contributed by atoms with E-state index in [0.717, 1.165) is 40.3 Å². The van der Waals surface area contributed by atoms with E-state index in [1.807, 2.05) is 36.4 Å². The first-order valence-electron chi connectivity index (χ1n) is 6.85. The van der Waals surface area contributed by atoms with Crippen molar-refractivity contribution in [3.05, 3.63) is 41.4 Å². The van der Waals surface area contributed by atoms with Crippen molar-refractivity contribution in [1.82, 2.24) is 9.97 Å². The number of fused-ring (bicyclic) bond motifs is 2. The molecule has 0 aliphatic carbocycles. The Balaban J connectivity index is 1.85. The van der Waals surface area contributed by atoms with E-state index in [4.69, 9.17) is 21.1 Å². The maximum Gasteiger partial charge on any atom is 0.163 e. The number of hydrogen-bond acceptors (Lipinski definition) is 3. The van der Waals surface area contributed by atoms with E-state index in [-0.39, 0.29) is 0 Å². The molecule has 1 N–H and O–H groups in total. The van der Waals surface area contributed by atoms with E-state index in [0.29, 0.717) is 18.2 Å². The molecule has 21 heavy (non-hydrogen) atoms. The van der Waals surface area contributed by atoms with E-state index in [2.05, 4.69) is 9.97 Å². The first-order chi connectivity index (χ1) is 10.3. The zero-order chi connectivity index (χ0) is 14.2. The van der Waals surface area contributed by atoms with Gasteiger partial charge in [0.25, 0.3) is 0 Å². The number of nitrogens with one attached hydrogen (secondary N) is 1. The van der Waals surface area contributed by atoms with Crippen molar-refractivity contribution in [3.63, 3.8) is 0 Å². The van der Waals surface area contributed by atoms with Crippen LogP contribution in [-0.2, 0) is 0 Å². The lowest BCUT2D eigenvalue weighted by atomic mass is 10.2. The van der Waals surface area contributed by atoms with Gasteiger partial charge in [-0.25, -0.2) is 4.98 Å². The summed E-state index contributed by atoms with van der Waals surface area (Å²) in [5, 5.41) is 0.672. The molecule has 3 aromatic rings. The highest BCUT2D eigenvalue weighted by atomic mass is 35.5. The van der Waals surface area contributed by atoms with Crippen LogP contribution in [0.25, 0.3) is 22.4 Å². The predicted octanol–water partition coefficient (Wildman–Crippen LogP) is 4.04. The Bertz CT molecular complexity index is 770. The van der Waals surface area contributed by atoms with Gasteiger partial charge < -0.3 is 14.5 Å². The minimum atomic E-state index is 0.667. The molecule has 1 aromatic heterocycles. The lowest BCUT2D eigenvalue weighted by Gasteiger charge is -2.05. The molecule has 1 aliphatic rings. The molecular formula is C16H13ClN2O2. The van der Waals surface area contributed by atoms with Crippen LogP contribution in [0.3, 0.4) is 0 Å². The molecule has 0 amide bonds. The Morgan fingerprint density at radius 1 is 1.05 bits per heavy atom. The molecule has 0 unspecified atom stereocenters. The maximum absolute atomic E-state index is 6.23. The maximum atomic E-state index is 6.23. The second-order valence-corrected chi connectivity index (χ2v) is 5.34. The minimum absolute atomic E-state index is 0.667. The van der Waals surface area contributed by atoms with Crippen molar-refractivity contribution in [1.29, 1.82) is 0 Å². The minimum Gasteiger partial charge on any atom is -0.489 e. The van der Waals surface area contributed by atoms with Crippen molar-refractivity contribution in [2.24, 2.45) is 0 Å². The van der Waals surface area contributed by atoms with E-state index in [1.54, 1.807) is 0 Å². The van der Waals surface area contributed by atoms with Crippen LogP contribution in [0.5, 0.6) is 11.5 Å². The molecule has 0 fully saturated rings. The van der Waals surface area contributed by atoms with Crippen LogP contribution in [-0.4, -0.2) is 23.2 Å². The van der Waals surface area contributed by atoms with Crippen LogP contribution in [0, 0.1) is 0 Å². The number of nitrogens with zero attached hydrogens (tertiary/aromatic N) is 1. The number of rotatable bonds is 1. The van der Waals surface area contributed by atoms with Gasteiger partial charge in [0.1, 0.15) is 5.82 Å².